The fourth-order valence-corrected chi connectivity index (χ4v) is 1.92. The van der Waals surface area contributed by atoms with Gasteiger partial charge in [-0.15, -0.1) is 0 Å². The number of nitrogens with one attached hydrogen (secondary N) is 2. The quantitative estimate of drug-likeness (QED) is 0.747. The Hall–Kier alpha value is -1.10. The molecule has 1 aliphatic rings. The highest BCUT2D eigenvalue weighted by atomic mass is 35.5. The predicted molar refractivity (Wildman–Crippen MR) is 62.5 cm³/mol. The number of hydrogen-bond acceptors (Lipinski definition) is 3. The van der Waals surface area contributed by atoms with E-state index in [-0.39, 0.29) is 18.6 Å². The Kier molecular flexibility index (Phi) is 3.14. The van der Waals surface area contributed by atoms with Crippen LogP contribution in [0.1, 0.15) is 18.5 Å². The third kappa shape index (κ3) is 2.04. The highest BCUT2D eigenvalue weighted by Gasteiger charge is 2.31. The number of halogens is 1. The van der Waals surface area contributed by atoms with Crippen molar-refractivity contribution >= 4 is 23.2 Å². The Morgan fingerprint density at radius 1 is 1.62 bits per heavy atom. The van der Waals surface area contributed by atoms with E-state index in [0.717, 1.165) is 11.3 Å². The first-order chi connectivity index (χ1) is 7.61. The summed E-state index contributed by atoms with van der Waals surface area (Å²) in [5.74, 6) is -0.113. The van der Waals surface area contributed by atoms with E-state index in [4.69, 9.17) is 16.7 Å². The van der Waals surface area contributed by atoms with Crippen molar-refractivity contribution in [3.8, 4) is 0 Å². The van der Waals surface area contributed by atoms with Crippen molar-refractivity contribution in [2.24, 2.45) is 0 Å². The molecule has 3 N–H and O–H groups in total. The smallest absolute Gasteiger partial charge is 0.246 e. The minimum absolute atomic E-state index is 0.0142. The molecule has 1 aromatic rings. The van der Waals surface area contributed by atoms with Gasteiger partial charge in [0.1, 0.15) is 6.04 Å². The molecular formula is C11H13ClN2O2. The van der Waals surface area contributed by atoms with E-state index in [1.165, 1.54) is 0 Å². The normalized spacial score (nSPS) is 20.4. The zero-order valence-corrected chi connectivity index (χ0v) is 9.58. The van der Waals surface area contributed by atoms with E-state index >= 15 is 0 Å². The molecular weight excluding hydrogens is 228 g/mol. The molecule has 0 aliphatic carbocycles. The molecule has 0 radical (unpaired) electrons. The van der Waals surface area contributed by atoms with Crippen LogP contribution in [0.3, 0.4) is 0 Å². The van der Waals surface area contributed by atoms with Gasteiger partial charge >= 0.3 is 0 Å². The molecule has 86 valence electrons. The van der Waals surface area contributed by atoms with E-state index < -0.39 is 6.04 Å². The van der Waals surface area contributed by atoms with Crippen molar-refractivity contribution in [2.75, 3.05) is 11.9 Å². The number of anilines is 1. The van der Waals surface area contributed by atoms with Gasteiger partial charge in [-0.1, -0.05) is 11.6 Å². The van der Waals surface area contributed by atoms with Crippen LogP contribution in [0.5, 0.6) is 0 Å². The lowest BCUT2D eigenvalue weighted by molar-refractivity contribution is -0.117. The van der Waals surface area contributed by atoms with Gasteiger partial charge in [0.25, 0.3) is 0 Å². The van der Waals surface area contributed by atoms with Crippen LogP contribution in [0.15, 0.2) is 18.2 Å². The number of aliphatic hydroxyl groups is 1. The van der Waals surface area contributed by atoms with Gasteiger partial charge in [-0.25, -0.2) is 0 Å². The highest BCUT2D eigenvalue weighted by molar-refractivity contribution is 6.31. The Morgan fingerprint density at radius 3 is 3.06 bits per heavy atom. The first kappa shape index (κ1) is 11.4. The van der Waals surface area contributed by atoms with Crippen LogP contribution in [0.25, 0.3) is 0 Å². The maximum Gasteiger partial charge on any atom is 0.246 e. The topological polar surface area (TPSA) is 61.4 Å². The summed E-state index contributed by atoms with van der Waals surface area (Å²) in [4.78, 5) is 11.7. The van der Waals surface area contributed by atoms with Crippen molar-refractivity contribution in [3.63, 3.8) is 0 Å². The summed E-state index contributed by atoms with van der Waals surface area (Å²) < 4.78 is 0. The number of benzene rings is 1. The van der Waals surface area contributed by atoms with Gasteiger partial charge in [-0.05, 0) is 25.1 Å². The van der Waals surface area contributed by atoms with E-state index in [2.05, 4.69) is 10.6 Å². The van der Waals surface area contributed by atoms with E-state index in [1.807, 2.05) is 6.92 Å². The van der Waals surface area contributed by atoms with Crippen molar-refractivity contribution in [1.29, 1.82) is 0 Å². The summed E-state index contributed by atoms with van der Waals surface area (Å²) in [7, 11) is 0. The van der Waals surface area contributed by atoms with Crippen LogP contribution in [0.4, 0.5) is 5.69 Å². The minimum atomic E-state index is -0.434. The molecule has 4 nitrogen and oxygen atoms in total. The van der Waals surface area contributed by atoms with Crippen LogP contribution in [-0.2, 0) is 4.79 Å². The second-order valence-corrected chi connectivity index (χ2v) is 4.34. The van der Waals surface area contributed by atoms with Gasteiger partial charge in [-0.2, -0.15) is 0 Å². The Balaban J connectivity index is 2.28. The fourth-order valence-electron chi connectivity index (χ4n) is 1.74. The number of rotatable bonds is 3. The standard InChI is InChI=1S/C11H13ClN2O2/c1-6(5-15)13-10-8-4-7(12)2-3-9(8)14-11(10)16/h2-4,6,10,13,15H,5H2,1H3,(H,14,16). The zero-order chi connectivity index (χ0) is 11.7. The molecule has 0 fully saturated rings. The van der Waals surface area contributed by atoms with Gasteiger partial charge in [0.05, 0.1) is 6.61 Å². The Morgan fingerprint density at radius 2 is 2.38 bits per heavy atom. The summed E-state index contributed by atoms with van der Waals surface area (Å²) in [6.45, 7) is 1.80. The molecule has 0 bridgehead atoms. The van der Waals surface area contributed by atoms with Gasteiger partial charge in [0.2, 0.25) is 5.91 Å². The van der Waals surface area contributed by atoms with E-state index in [0.29, 0.717) is 5.02 Å². The lowest BCUT2D eigenvalue weighted by Crippen LogP contribution is -2.36. The number of carbonyl (C=O) groups excluding carboxylic acids is 1. The van der Waals surface area contributed by atoms with Crippen LogP contribution in [-0.4, -0.2) is 23.7 Å². The molecule has 0 saturated carbocycles. The summed E-state index contributed by atoms with van der Waals surface area (Å²) >= 11 is 5.89. The van der Waals surface area contributed by atoms with Gasteiger partial charge in [0.15, 0.2) is 0 Å². The SMILES string of the molecule is CC(CO)NC1C(=O)Nc2ccc(Cl)cc21. The van der Waals surface area contributed by atoms with Crippen LogP contribution >= 0.6 is 11.6 Å². The lowest BCUT2D eigenvalue weighted by atomic mass is 10.1. The maximum absolute atomic E-state index is 11.7. The van der Waals surface area contributed by atoms with E-state index in [9.17, 15) is 4.79 Å². The lowest BCUT2D eigenvalue weighted by Gasteiger charge is -2.16. The number of amides is 1. The molecule has 2 unspecified atom stereocenters. The zero-order valence-electron chi connectivity index (χ0n) is 8.83. The maximum atomic E-state index is 11.7. The third-order valence-corrected chi connectivity index (χ3v) is 2.80. The summed E-state index contributed by atoms with van der Waals surface area (Å²) in [5.41, 5.74) is 1.61. The number of fused-ring (bicyclic) bond motifs is 1. The number of hydrogen-bond donors (Lipinski definition) is 3. The first-order valence-electron chi connectivity index (χ1n) is 5.09. The second-order valence-electron chi connectivity index (χ2n) is 3.90. The largest absolute Gasteiger partial charge is 0.395 e. The highest BCUT2D eigenvalue weighted by Crippen LogP contribution is 2.32. The van der Waals surface area contributed by atoms with Crippen molar-refractivity contribution < 1.29 is 9.90 Å². The average Bonchev–Trinajstić information content (AvgIpc) is 2.55. The van der Waals surface area contributed by atoms with E-state index in [1.54, 1.807) is 18.2 Å². The van der Waals surface area contributed by atoms with Crippen LogP contribution < -0.4 is 10.6 Å². The fraction of sp³-hybridized carbons (Fsp3) is 0.364. The van der Waals surface area contributed by atoms with Crippen LogP contribution in [0.2, 0.25) is 5.02 Å². The monoisotopic (exact) mass is 240 g/mol. The summed E-state index contributed by atoms with van der Waals surface area (Å²) in [5, 5.41) is 15.4. The number of carbonyl (C=O) groups is 1. The predicted octanol–water partition coefficient (Wildman–Crippen LogP) is 1.30. The average molecular weight is 241 g/mol. The molecule has 0 aromatic heterocycles. The molecule has 1 aromatic carbocycles. The molecule has 1 aliphatic heterocycles. The molecule has 16 heavy (non-hydrogen) atoms. The molecule has 0 spiro atoms. The Labute approximate surface area is 98.6 Å². The second kappa shape index (κ2) is 4.41. The van der Waals surface area contributed by atoms with Gasteiger partial charge < -0.3 is 10.4 Å². The summed E-state index contributed by atoms with van der Waals surface area (Å²) in [6.07, 6.45) is 0. The molecule has 2 atom stereocenters. The van der Waals surface area contributed by atoms with Gasteiger partial charge in [-0.3, -0.25) is 10.1 Å². The van der Waals surface area contributed by atoms with Crippen LogP contribution in [0, 0.1) is 0 Å². The molecule has 1 heterocycles. The van der Waals surface area contributed by atoms with Crippen molar-refractivity contribution in [3.05, 3.63) is 28.8 Å². The van der Waals surface area contributed by atoms with Crippen molar-refractivity contribution in [1.82, 2.24) is 5.32 Å². The van der Waals surface area contributed by atoms with Crippen molar-refractivity contribution in [2.45, 2.75) is 19.0 Å². The molecule has 5 heteroatoms. The number of aliphatic hydroxyl groups excluding tert-OH is 1. The third-order valence-electron chi connectivity index (χ3n) is 2.57. The van der Waals surface area contributed by atoms with Gasteiger partial charge in [0, 0.05) is 22.3 Å². The minimum Gasteiger partial charge on any atom is -0.395 e. The molecule has 2 rings (SSSR count). The molecule has 0 saturated heterocycles. The summed E-state index contributed by atoms with van der Waals surface area (Å²) in [6, 6.07) is 4.70. The Bertz CT molecular complexity index is 422. The first-order valence-corrected chi connectivity index (χ1v) is 5.47. The molecule has 1 amide bonds.